The SMILES string of the molecule is CC(C)C(c1nc2ccccc2n1Cc1ccccc1)N(CCCN(C)C)C(=O)c1ccc(Br)cc1. The Morgan fingerprint density at radius 3 is 2.25 bits per heavy atom. The predicted octanol–water partition coefficient (Wildman–Crippen LogP) is 6.64. The van der Waals surface area contributed by atoms with Crippen LogP contribution in [-0.2, 0) is 6.54 Å². The highest BCUT2D eigenvalue weighted by Gasteiger charge is 2.32. The van der Waals surface area contributed by atoms with E-state index in [1.54, 1.807) is 0 Å². The summed E-state index contributed by atoms with van der Waals surface area (Å²) in [6.45, 7) is 6.65. The molecule has 0 bridgehead atoms. The maximum absolute atomic E-state index is 14.0. The molecule has 5 nitrogen and oxygen atoms in total. The van der Waals surface area contributed by atoms with Crippen molar-refractivity contribution in [3.05, 3.63) is 100 Å². The highest BCUT2D eigenvalue weighted by atomic mass is 79.9. The van der Waals surface area contributed by atoms with Gasteiger partial charge in [-0.25, -0.2) is 4.98 Å². The number of hydrogen-bond donors (Lipinski definition) is 0. The van der Waals surface area contributed by atoms with E-state index in [1.165, 1.54) is 5.56 Å². The van der Waals surface area contributed by atoms with Gasteiger partial charge in [-0.05, 0) is 74.9 Å². The van der Waals surface area contributed by atoms with Crippen LogP contribution in [0.25, 0.3) is 11.0 Å². The number of hydrogen-bond acceptors (Lipinski definition) is 3. The number of fused-ring (bicyclic) bond motifs is 1. The fourth-order valence-corrected chi connectivity index (χ4v) is 5.00. The summed E-state index contributed by atoms with van der Waals surface area (Å²) < 4.78 is 3.26. The predicted molar refractivity (Wildman–Crippen MR) is 151 cm³/mol. The van der Waals surface area contributed by atoms with Gasteiger partial charge >= 0.3 is 0 Å². The summed E-state index contributed by atoms with van der Waals surface area (Å²) in [6, 6.07) is 26.2. The lowest BCUT2D eigenvalue weighted by atomic mass is 9.99. The van der Waals surface area contributed by atoms with E-state index in [1.807, 2.05) is 41.3 Å². The molecule has 4 aromatic rings. The Morgan fingerprint density at radius 2 is 1.58 bits per heavy atom. The zero-order valence-corrected chi connectivity index (χ0v) is 23.1. The van der Waals surface area contributed by atoms with E-state index in [9.17, 15) is 4.79 Å². The van der Waals surface area contributed by atoms with Crippen LogP contribution in [0.2, 0.25) is 0 Å². The molecule has 0 N–H and O–H groups in total. The van der Waals surface area contributed by atoms with Crippen LogP contribution in [0.4, 0.5) is 0 Å². The molecule has 1 heterocycles. The van der Waals surface area contributed by atoms with Crippen molar-refractivity contribution in [3.63, 3.8) is 0 Å². The Labute approximate surface area is 222 Å². The van der Waals surface area contributed by atoms with E-state index in [0.29, 0.717) is 18.7 Å². The van der Waals surface area contributed by atoms with Gasteiger partial charge in [0.1, 0.15) is 5.82 Å². The summed E-state index contributed by atoms with van der Waals surface area (Å²) in [5.41, 5.74) is 3.95. The minimum absolute atomic E-state index is 0.0401. The molecule has 1 atom stereocenters. The van der Waals surface area contributed by atoms with Gasteiger partial charge in [-0.3, -0.25) is 4.79 Å². The summed E-state index contributed by atoms with van der Waals surface area (Å²) in [5.74, 6) is 1.15. The van der Waals surface area contributed by atoms with Crippen LogP contribution in [-0.4, -0.2) is 52.4 Å². The van der Waals surface area contributed by atoms with Crippen LogP contribution in [0.1, 0.15) is 48.1 Å². The number of amides is 1. The number of imidazole rings is 1. The molecule has 1 unspecified atom stereocenters. The molecule has 0 aliphatic carbocycles. The van der Waals surface area contributed by atoms with Gasteiger partial charge in [-0.1, -0.05) is 72.2 Å². The molecule has 0 spiro atoms. The van der Waals surface area contributed by atoms with Gasteiger partial charge in [-0.15, -0.1) is 0 Å². The summed E-state index contributed by atoms with van der Waals surface area (Å²) >= 11 is 3.50. The van der Waals surface area contributed by atoms with Gasteiger partial charge in [0.15, 0.2) is 0 Å². The maximum atomic E-state index is 14.0. The molecular formula is C30H35BrN4O. The second-order valence-electron chi connectivity index (χ2n) is 9.88. The third kappa shape index (κ3) is 6.05. The number of carbonyl (C=O) groups is 1. The largest absolute Gasteiger partial charge is 0.328 e. The van der Waals surface area contributed by atoms with Gasteiger partial charge in [-0.2, -0.15) is 0 Å². The molecule has 0 saturated carbocycles. The molecular weight excluding hydrogens is 512 g/mol. The van der Waals surface area contributed by atoms with Crippen LogP contribution < -0.4 is 0 Å². The average molecular weight is 548 g/mol. The van der Waals surface area contributed by atoms with Crippen LogP contribution >= 0.6 is 15.9 Å². The van der Waals surface area contributed by atoms with Crippen molar-refractivity contribution in [1.82, 2.24) is 19.4 Å². The summed E-state index contributed by atoms with van der Waals surface area (Å²) in [5, 5.41) is 0. The molecule has 4 rings (SSSR count). The van der Waals surface area contributed by atoms with Gasteiger partial charge in [0, 0.05) is 23.1 Å². The van der Waals surface area contributed by atoms with Gasteiger partial charge < -0.3 is 14.4 Å². The molecule has 1 amide bonds. The quantitative estimate of drug-likeness (QED) is 0.224. The fraction of sp³-hybridized carbons (Fsp3) is 0.333. The molecule has 0 radical (unpaired) electrons. The van der Waals surface area contributed by atoms with Crippen molar-refractivity contribution in [2.45, 2.75) is 32.9 Å². The number of aromatic nitrogens is 2. The molecule has 3 aromatic carbocycles. The lowest BCUT2D eigenvalue weighted by Gasteiger charge is -2.35. The smallest absolute Gasteiger partial charge is 0.254 e. The second kappa shape index (κ2) is 11.8. The minimum atomic E-state index is -0.167. The third-order valence-electron chi connectivity index (χ3n) is 6.46. The molecule has 0 saturated heterocycles. The molecule has 6 heteroatoms. The van der Waals surface area contributed by atoms with E-state index >= 15 is 0 Å². The van der Waals surface area contributed by atoms with E-state index < -0.39 is 0 Å². The topological polar surface area (TPSA) is 41.4 Å². The van der Waals surface area contributed by atoms with Crippen LogP contribution in [0.3, 0.4) is 0 Å². The highest BCUT2D eigenvalue weighted by Crippen LogP contribution is 2.33. The van der Waals surface area contributed by atoms with Crippen molar-refractivity contribution in [2.75, 3.05) is 27.2 Å². The van der Waals surface area contributed by atoms with E-state index in [4.69, 9.17) is 4.98 Å². The second-order valence-corrected chi connectivity index (χ2v) is 10.8. The molecule has 36 heavy (non-hydrogen) atoms. The Morgan fingerprint density at radius 1 is 0.917 bits per heavy atom. The molecule has 0 aliphatic heterocycles. The Balaban J connectivity index is 1.81. The van der Waals surface area contributed by atoms with Crippen LogP contribution in [0.5, 0.6) is 0 Å². The number of halogens is 1. The zero-order valence-electron chi connectivity index (χ0n) is 21.6. The highest BCUT2D eigenvalue weighted by molar-refractivity contribution is 9.10. The first-order valence-electron chi connectivity index (χ1n) is 12.6. The first-order chi connectivity index (χ1) is 17.3. The summed E-state index contributed by atoms with van der Waals surface area (Å²) in [4.78, 5) is 23.3. The van der Waals surface area contributed by atoms with Crippen molar-refractivity contribution in [3.8, 4) is 0 Å². The zero-order chi connectivity index (χ0) is 25.7. The Hall–Kier alpha value is -2.96. The lowest BCUT2D eigenvalue weighted by Crippen LogP contribution is -2.40. The van der Waals surface area contributed by atoms with Crippen molar-refractivity contribution >= 4 is 32.9 Å². The Kier molecular flexibility index (Phi) is 8.60. The van der Waals surface area contributed by atoms with Crippen LogP contribution in [0, 0.1) is 5.92 Å². The van der Waals surface area contributed by atoms with Gasteiger partial charge in [0.25, 0.3) is 5.91 Å². The molecule has 0 fully saturated rings. The number of rotatable bonds is 10. The summed E-state index contributed by atoms with van der Waals surface area (Å²) in [6.07, 6.45) is 0.886. The first kappa shape index (κ1) is 26.1. The molecule has 188 valence electrons. The fourth-order valence-electron chi connectivity index (χ4n) is 4.73. The van der Waals surface area contributed by atoms with Gasteiger partial charge in [0.2, 0.25) is 0 Å². The van der Waals surface area contributed by atoms with Crippen molar-refractivity contribution < 1.29 is 4.79 Å². The Bertz CT molecular complexity index is 1280. The van der Waals surface area contributed by atoms with E-state index in [2.05, 4.69) is 95.8 Å². The normalized spacial score (nSPS) is 12.4. The standard InChI is InChI=1S/C30H35BrN4O/c1-22(2)28(34(20-10-19-33(3)4)30(36)24-15-17-25(31)18-16-24)29-32-26-13-8-9-14-27(26)35(29)21-23-11-6-5-7-12-23/h5-9,11-18,22,28H,10,19-21H2,1-4H3. The lowest BCUT2D eigenvalue weighted by molar-refractivity contribution is 0.0598. The number of nitrogens with zero attached hydrogens (tertiary/aromatic N) is 4. The van der Waals surface area contributed by atoms with Crippen LogP contribution in [0.15, 0.2) is 83.3 Å². The van der Waals surface area contributed by atoms with E-state index in [0.717, 1.165) is 34.3 Å². The first-order valence-corrected chi connectivity index (χ1v) is 13.3. The average Bonchev–Trinajstić information content (AvgIpc) is 3.21. The maximum Gasteiger partial charge on any atom is 0.254 e. The van der Waals surface area contributed by atoms with Crippen molar-refractivity contribution in [1.29, 1.82) is 0 Å². The van der Waals surface area contributed by atoms with E-state index in [-0.39, 0.29) is 17.9 Å². The summed E-state index contributed by atoms with van der Waals surface area (Å²) in [7, 11) is 4.14. The minimum Gasteiger partial charge on any atom is -0.328 e. The molecule has 0 aliphatic rings. The monoisotopic (exact) mass is 546 g/mol. The number of para-hydroxylation sites is 2. The number of benzene rings is 3. The third-order valence-corrected chi connectivity index (χ3v) is 6.98. The number of carbonyl (C=O) groups excluding carboxylic acids is 1. The van der Waals surface area contributed by atoms with Crippen molar-refractivity contribution in [2.24, 2.45) is 5.92 Å². The van der Waals surface area contributed by atoms with Gasteiger partial charge in [0.05, 0.1) is 17.1 Å². The molecule has 1 aromatic heterocycles.